The van der Waals surface area contributed by atoms with Gasteiger partial charge in [0.15, 0.2) is 12.5 Å². The summed E-state index contributed by atoms with van der Waals surface area (Å²) in [7, 11) is 0. The molecule has 2 heterocycles. The molecule has 2 fully saturated rings. The summed E-state index contributed by atoms with van der Waals surface area (Å²) in [4.78, 5) is 42.1. The van der Waals surface area contributed by atoms with Crippen LogP contribution in [0.2, 0.25) is 0 Å². The standard InChI is InChI=1S/C17H30N4O6S2/c1-17(2,3)27-16(24)21(11(10-22)19-4-6-25-12(28)8-19)14(18)15(23)20-5-7-26-13(29)9-20/h10-14,28-29H,4-9,18H2,1-3H3. The number of hydrogen-bond donors (Lipinski definition) is 3. The fourth-order valence-electron chi connectivity index (χ4n) is 3.06. The van der Waals surface area contributed by atoms with Gasteiger partial charge in [0.1, 0.15) is 22.6 Å². The summed E-state index contributed by atoms with van der Waals surface area (Å²) in [5.74, 6) is -0.513. The molecule has 0 aliphatic carbocycles. The second-order valence-electron chi connectivity index (χ2n) is 7.81. The van der Waals surface area contributed by atoms with Crippen molar-refractivity contribution in [1.82, 2.24) is 14.7 Å². The average molecular weight is 451 g/mol. The van der Waals surface area contributed by atoms with Gasteiger partial charge in [0, 0.05) is 19.6 Å². The van der Waals surface area contributed by atoms with Crippen molar-refractivity contribution in [3.63, 3.8) is 0 Å². The number of nitrogens with two attached hydrogens (primary N) is 1. The maximum Gasteiger partial charge on any atom is 0.413 e. The zero-order chi connectivity index (χ0) is 21.8. The Bertz CT molecular complexity index is 605. The van der Waals surface area contributed by atoms with E-state index in [9.17, 15) is 14.4 Å². The maximum atomic E-state index is 13.0. The molecule has 2 rings (SSSR count). The van der Waals surface area contributed by atoms with Crippen LogP contribution in [0.15, 0.2) is 0 Å². The highest BCUT2D eigenvalue weighted by molar-refractivity contribution is 7.81. The van der Waals surface area contributed by atoms with Crippen molar-refractivity contribution in [2.45, 2.75) is 49.6 Å². The van der Waals surface area contributed by atoms with Crippen LogP contribution in [0.25, 0.3) is 0 Å². The molecule has 0 bridgehead atoms. The molecule has 12 heteroatoms. The van der Waals surface area contributed by atoms with Crippen molar-refractivity contribution >= 4 is 43.5 Å². The average Bonchev–Trinajstić information content (AvgIpc) is 2.63. The van der Waals surface area contributed by atoms with Gasteiger partial charge in [-0.2, -0.15) is 0 Å². The Kier molecular flexibility index (Phi) is 8.61. The van der Waals surface area contributed by atoms with Gasteiger partial charge in [0.25, 0.3) is 5.91 Å². The molecule has 2 saturated heterocycles. The molecular weight excluding hydrogens is 420 g/mol. The van der Waals surface area contributed by atoms with E-state index < -0.39 is 40.8 Å². The van der Waals surface area contributed by atoms with Gasteiger partial charge in [0.05, 0.1) is 19.8 Å². The van der Waals surface area contributed by atoms with Crippen LogP contribution in [0.1, 0.15) is 20.8 Å². The van der Waals surface area contributed by atoms with Crippen LogP contribution >= 0.6 is 25.3 Å². The van der Waals surface area contributed by atoms with E-state index in [0.717, 1.165) is 4.90 Å². The number of rotatable bonds is 5. The molecule has 0 radical (unpaired) electrons. The predicted octanol–water partition coefficient (Wildman–Crippen LogP) is -0.264. The summed E-state index contributed by atoms with van der Waals surface area (Å²) in [6, 6.07) is 0. The molecule has 0 aromatic rings. The Balaban J connectivity index is 2.28. The molecule has 2 N–H and O–H groups in total. The molecule has 2 amide bonds. The van der Waals surface area contributed by atoms with Crippen molar-refractivity contribution in [3.05, 3.63) is 0 Å². The second kappa shape index (κ2) is 10.3. The van der Waals surface area contributed by atoms with E-state index in [1.54, 1.807) is 25.7 Å². The number of nitrogens with zero attached hydrogens (tertiary/aromatic N) is 3. The van der Waals surface area contributed by atoms with Gasteiger partial charge in [-0.1, -0.05) is 0 Å². The summed E-state index contributed by atoms with van der Waals surface area (Å²) in [6.45, 7) is 6.90. The first-order chi connectivity index (χ1) is 13.5. The van der Waals surface area contributed by atoms with Crippen LogP contribution in [0.4, 0.5) is 4.79 Å². The van der Waals surface area contributed by atoms with Gasteiger partial charge in [-0.25, -0.2) is 4.79 Å². The van der Waals surface area contributed by atoms with Crippen LogP contribution in [-0.2, 0) is 23.8 Å². The molecule has 4 unspecified atom stereocenters. The molecule has 166 valence electrons. The van der Waals surface area contributed by atoms with E-state index in [0.29, 0.717) is 32.6 Å². The van der Waals surface area contributed by atoms with E-state index in [-0.39, 0.29) is 13.1 Å². The van der Waals surface area contributed by atoms with Crippen LogP contribution in [0.3, 0.4) is 0 Å². The minimum Gasteiger partial charge on any atom is -0.444 e. The Labute approximate surface area is 181 Å². The first-order valence-corrected chi connectivity index (χ1v) is 10.4. The molecule has 0 spiro atoms. The fourth-order valence-corrected chi connectivity index (χ4v) is 3.67. The third-order valence-electron chi connectivity index (χ3n) is 4.38. The molecule has 29 heavy (non-hydrogen) atoms. The number of amides is 2. The van der Waals surface area contributed by atoms with Crippen molar-refractivity contribution in [3.8, 4) is 0 Å². The van der Waals surface area contributed by atoms with Crippen LogP contribution in [0.5, 0.6) is 0 Å². The monoisotopic (exact) mass is 450 g/mol. The highest BCUT2D eigenvalue weighted by atomic mass is 32.1. The third-order valence-corrected chi connectivity index (χ3v) is 5.00. The summed E-state index contributed by atoms with van der Waals surface area (Å²) >= 11 is 8.52. The van der Waals surface area contributed by atoms with E-state index in [2.05, 4.69) is 25.3 Å². The minimum absolute atomic E-state index is 0.222. The molecule has 0 saturated carbocycles. The molecule has 2 aliphatic rings. The first kappa shape index (κ1) is 24.2. The predicted molar refractivity (Wildman–Crippen MR) is 112 cm³/mol. The van der Waals surface area contributed by atoms with E-state index in [1.807, 2.05) is 0 Å². The van der Waals surface area contributed by atoms with Crippen molar-refractivity contribution < 1.29 is 28.6 Å². The number of hydrogen-bond acceptors (Lipinski definition) is 10. The van der Waals surface area contributed by atoms with Crippen LogP contribution in [0, 0.1) is 0 Å². The second-order valence-corrected chi connectivity index (χ2v) is 8.96. The quantitative estimate of drug-likeness (QED) is 0.298. The fraction of sp³-hybridized carbons (Fsp3) is 0.824. The normalized spacial score (nSPS) is 25.8. The SMILES string of the molecule is CC(C)(C)OC(=O)N(C(N)C(=O)N1CCOC(S)C1)C(C=O)N1CCOC(S)C1. The maximum absolute atomic E-state index is 13.0. The molecule has 2 aliphatic heterocycles. The number of thiol groups is 2. The lowest BCUT2D eigenvalue weighted by atomic mass is 10.2. The molecule has 10 nitrogen and oxygen atoms in total. The molecular formula is C17H30N4O6S2. The van der Waals surface area contributed by atoms with Crippen molar-refractivity contribution in [1.29, 1.82) is 0 Å². The van der Waals surface area contributed by atoms with Gasteiger partial charge >= 0.3 is 6.09 Å². The van der Waals surface area contributed by atoms with Gasteiger partial charge < -0.3 is 24.8 Å². The van der Waals surface area contributed by atoms with E-state index in [4.69, 9.17) is 19.9 Å². The number of aldehydes is 1. The third kappa shape index (κ3) is 6.72. The topological polar surface area (TPSA) is 115 Å². The lowest BCUT2D eigenvalue weighted by Gasteiger charge is -2.43. The Morgan fingerprint density at radius 2 is 1.76 bits per heavy atom. The number of carbonyl (C=O) groups is 3. The Morgan fingerprint density at radius 3 is 2.28 bits per heavy atom. The molecule has 4 atom stereocenters. The van der Waals surface area contributed by atoms with Crippen molar-refractivity contribution in [2.24, 2.45) is 5.73 Å². The van der Waals surface area contributed by atoms with Gasteiger partial charge in [-0.15, -0.1) is 25.3 Å². The lowest BCUT2D eigenvalue weighted by molar-refractivity contribution is -0.146. The van der Waals surface area contributed by atoms with Crippen molar-refractivity contribution in [2.75, 3.05) is 39.4 Å². The Morgan fingerprint density at radius 1 is 1.17 bits per heavy atom. The van der Waals surface area contributed by atoms with Gasteiger partial charge in [-0.3, -0.25) is 19.4 Å². The summed E-state index contributed by atoms with van der Waals surface area (Å²) in [5, 5.41) is 0. The van der Waals surface area contributed by atoms with Gasteiger partial charge in [0.2, 0.25) is 0 Å². The van der Waals surface area contributed by atoms with Gasteiger partial charge in [-0.05, 0) is 20.8 Å². The van der Waals surface area contributed by atoms with E-state index in [1.165, 1.54) is 4.90 Å². The first-order valence-electron chi connectivity index (χ1n) is 9.38. The largest absolute Gasteiger partial charge is 0.444 e. The summed E-state index contributed by atoms with van der Waals surface area (Å²) in [5.41, 5.74) is 4.50. The van der Waals surface area contributed by atoms with Crippen LogP contribution < -0.4 is 5.73 Å². The summed E-state index contributed by atoms with van der Waals surface area (Å²) < 4.78 is 16.1. The number of morpholine rings is 2. The number of ether oxygens (including phenoxy) is 3. The smallest absolute Gasteiger partial charge is 0.413 e. The Hall–Kier alpha value is -1.05. The molecule has 0 aromatic heterocycles. The van der Waals surface area contributed by atoms with Crippen LogP contribution in [-0.4, -0.2) is 101 Å². The lowest BCUT2D eigenvalue weighted by Crippen LogP contribution is -2.66. The highest BCUT2D eigenvalue weighted by Crippen LogP contribution is 2.20. The zero-order valence-electron chi connectivity index (χ0n) is 16.9. The number of carbonyl (C=O) groups excluding carboxylic acids is 3. The highest BCUT2D eigenvalue weighted by Gasteiger charge is 2.41. The summed E-state index contributed by atoms with van der Waals surface area (Å²) in [6.07, 6.45) is -2.80. The molecule has 0 aromatic carbocycles. The minimum atomic E-state index is -1.42. The zero-order valence-corrected chi connectivity index (χ0v) is 18.7. The van der Waals surface area contributed by atoms with E-state index >= 15 is 0 Å².